The number of likely N-dealkylation sites (N-methyl/N-ethyl adjacent to an activating group) is 1. The van der Waals surface area contributed by atoms with Gasteiger partial charge in [-0.05, 0) is 48.4 Å². The quantitative estimate of drug-likeness (QED) is 0.550. The molecule has 0 N–H and O–H groups in total. The van der Waals surface area contributed by atoms with Gasteiger partial charge in [0.1, 0.15) is 6.17 Å². The molecule has 0 spiro atoms. The summed E-state index contributed by atoms with van der Waals surface area (Å²) in [5.74, 6) is 0.00101. The Kier molecular flexibility index (Phi) is 4.70. The molecular weight excluding hydrogens is 428 g/mol. The van der Waals surface area contributed by atoms with Gasteiger partial charge in [-0.15, -0.1) is 0 Å². The number of anilines is 1. The number of hydrogen-bond acceptors (Lipinski definition) is 3. The van der Waals surface area contributed by atoms with Gasteiger partial charge in [0, 0.05) is 35.6 Å². The van der Waals surface area contributed by atoms with Crippen LogP contribution in [0.1, 0.15) is 29.5 Å². The number of halogens is 1. The molecule has 160 valence electrons. The lowest BCUT2D eigenvalue weighted by Crippen LogP contribution is -2.49. The van der Waals surface area contributed by atoms with Crippen molar-refractivity contribution in [2.75, 3.05) is 18.5 Å². The number of hydrogen-bond donors (Lipinski definition) is 0. The van der Waals surface area contributed by atoms with E-state index in [2.05, 4.69) is 24.0 Å². The number of benzene rings is 3. The fourth-order valence-electron chi connectivity index (χ4n) is 5.46. The molecule has 3 aromatic carbocycles. The van der Waals surface area contributed by atoms with Crippen molar-refractivity contribution < 1.29 is 8.42 Å². The Hall–Kier alpha value is -2.34. The molecule has 0 unspecified atom stereocenters. The first-order valence-electron chi connectivity index (χ1n) is 10.4. The number of sulfonamides is 1. The van der Waals surface area contributed by atoms with E-state index in [0.29, 0.717) is 16.5 Å². The Bertz CT molecular complexity index is 1240. The van der Waals surface area contributed by atoms with Gasteiger partial charge in [0.05, 0.1) is 4.90 Å². The largest absolute Gasteiger partial charge is 0.357 e. The minimum absolute atomic E-state index is 0.00101. The van der Waals surface area contributed by atoms with Crippen LogP contribution in [0.2, 0.25) is 5.02 Å². The molecule has 0 aliphatic carbocycles. The van der Waals surface area contributed by atoms with Crippen molar-refractivity contribution in [1.29, 1.82) is 0 Å². The second-order valence-electron chi connectivity index (χ2n) is 8.78. The third-order valence-corrected chi connectivity index (χ3v) is 9.08. The van der Waals surface area contributed by atoms with Crippen molar-refractivity contribution in [3.05, 3.63) is 94.5 Å². The summed E-state index contributed by atoms with van der Waals surface area (Å²) < 4.78 is 29.4. The van der Waals surface area contributed by atoms with Crippen LogP contribution in [0.3, 0.4) is 0 Å². The topological polar surface area (TPSA) is 40.6 Å². The molecular formula is C25H25ClN2O2S. The summed E-state index contributed by atoms with van der Waals surface area (Å²) in [5.41, 5.74) is 3.86. The zero-order valence-electron chi connectivity index (χ0n) is 17.8. The molecule has 0 saturated carbocycles. The maximum absolute atomic E-state index is 13.8. The van der Waals surface area contributed by atoms with Gasteiger partial charge in [-0.25, -0.2) is 8.42 Å². The normalized spacial score (nSPS) is 25.5. The van der Waals surface area contributed by atoms with Crippen LogP contribution in [0.15, 0.2) is 77.7 Å². The first-order chi connectivity index (χ1) is 14.7. The lowest BCUT2D eigenvalue weighted by molar-refractivity contribution is 0.324. The summed E-state index contributed by atoms with van der Waals surface area (Å²) in [5, 5.41) is 0.667. The molecule has 0 radical (unpaired) electrons. The monoisotopic (exact) mass is 452 g/mol. The smallest absolute Gasteiger partial charge is 0.244 e. The summed E-state index contributed by atoms with van der Waals surface area (Å²) in [6.45, 7) is 4.55. The van der Waals surface area contributed by atoms with Crippen LogP contribution in [0.25, 0.3) is 0 Å². The standard InChI is InChI=1S/C25H25ClN2O2S/c1-17-9-12-20(13-10-17)31(29,30)28-16-22(18-7-5-4-6-8-18)25(2)21-15-19(26)11-14-23(21)27(3)24(25)28/h4-15,22,24H,16H2,1-3H3/t22-,24-,25+/m0/s1. The minimum Gasteiger partial charge on any atom is -0.357 e. The molecule has 5 rings (SSSR count). The Labute approximate surface area is 189 Å². The second kappa shape index (κ2) is 7.09. The van der Waals surface area contributed by atoms with Crippen molar-refractivity contribution in [2.45, 2.75) is 36.2 Å². The third-order valence-electron chi connectivity index (χ3n) is 7.01. The molecule has 2 aliphatic heterocycles. The van der Waals surface area contributed by atoms with Gasteiger partial charge in [0.15, 0.2) is 0 Å². The minimum atomic E-state index is -3.69. The summed E-state index contributed by atoms with van der Waals surface area (Å²) in [4.78, 5) is 2.43. The molecule has 3 atom stereocenters. The molecule has 3 aromatic rings. The maximum Gasteiger partial charge on any atom is 0.244 e. The van der Waals surface area contributed by atoms with E-state index in [9.17, 15) is 8.42 Å². The van der Waals surface area contributed by atoms with Gasteiger partial charge in [-0.2, -0.15) is 4.31 Å². The van der Waals surface area contributed by atoms with E-state index in [1.165, 1.54) is 0 Å². The molecule has 6 heteroatoms. The van der Waals surface area contributed by atoms with E-state index in [0.717, 1.165) is 22.4 Å². The average molecular weight is 453 g/mol. The lowest BCUT2D eigenvalue weighted by atomic mass is 9.71. The highest BCUT2D eigenvalue weighted by atomic mass is 35.5. The highest BCUT2D eigenvalue weighted by molar-refractivity contribution is 7.89. The van der Waals surface area contributed by atoms with Crippen LogP contribution >= 0.6 is 11.6 Å². The van der Waals surface area contributed by atoms with E-state index in [1.54, 1.807) is 16.4 Å². The molecule has 4 nitrogen and oxygen atoms in total. The SMILES string of the molecule is Cc1ccc(S(=O)(=O)N2C[C@@H](c3ccccc3)[C@@]3(C)c4cc(Cl)ccc4N(C)[C@@H]23)cc1. The van der Waals surface area contributed by atoms with Crippen LogP contribution in [0, 0.1) is 6.92 Å². The Balaban J connectivity index is 1.71. The van der Waals surface area contributed by atoms with Gasteiger partial charge < -0.3 is 4.90 Å². The van der Waals surface area contributed by atoms with Crippen molar-refractivity contribution in [3.63, 3.8) is 0 Å². The molecule has 2 aliphatic rings. The number of aryl methyl sites for hydroxylation is 1. The molecule has 1 fully saturated rings. The van der Waals surface area contributed by atoms with Crippen LogP contribution in [-0.2, 0) is 15.4 Å². The Morgan fingerprint density at radius 2 is 1.68 bits per heavy atom. The van der Waals surface area contributed by atoms with E-state index in [4.69, 9.17) is 11.6 Å². The van der Waals surface area contributed by atoms with Crippen molar-refractivity contribution in [3.8, 4) is 0 Å². The van der Waals surface area contributed by atoms with Gasteiger partial charge in [-0.3, -0.25) is 0 Å². The van der Waals surface area contributed by atoms with E-state index < -0.39 is 15.4 Å². The molecule has 0 amide bonds. The fraction of sp³-hybridized carbons (Fsp3) is 0.280. The van der Waals surface area contributed by atoms with E-state index in [1.807, 2.05) is 62.5 Å². The van der Waals surface area contributed by atoms with Crippen LogP contribution in [0.4, 0.5) is 5.69 Å². The van der Waals surface area contributed by atoms with Crippen molar-refractivity contribution >= 4 is 27.3 Å². The molecule has 1 saturated heterocycles. The highest BCUT2D eigenvalue weighted by Crippen LogP contribution is 2.58. The zero-order chi connectivity index (χ0) is 22.0. The summed E-state index contributed by atoms with van der Waals surface area (Å²) in [6, 6.07) is 23.2. The summed E-state index contributed by atoms with van der Waals surface area (Å²) in [7, 11) is -1.71. The molecule has 31 heavy (non-hydrogen) atoms. The van der Waals surface area contributed by atoms with E-state index >= 15 is 0 Å². The Morgan fingerprint density at radius 3 is 2.35 bits per heavy atom. The number of fused-ring (bicyclic) bond motifs is 3. The number of rotatable bonds is 3. The van der Waals surface area contributed by atoms with Gasteiger partial charge in [-0.1, -0.05) is 66.6 Å². The van der Waals surface area contributed by atoms with E-state index in [-0.39, 0.29) is 12.1 Å². The fourth-order valence-corrected chi connectivity index (χ4v) is 7.35. The summed E-state index contributed by atoms with van der Waals surface area (Å²) >= 11 is 6.40. The predicted octanol–water partition coefficient (Wildman–Crippen LogP) is 5.17. The van der Waals surface area contributed by atoms with Gasteiger partial charge in [0.25, 0.3) is 0 Å². The summed E-state index contributed by atoms with van der Waals surface area (Å²) in [6.07, 6.45) is -0.336. The Morgan fingerprint density at radius 1 is 1.00 bits per heavy atom. The predicted molar refractivity (Wildman–Crippen MR) is 125 cm³/mol. The maximum atomic E-state index is 13.8. The van der Waals surface area contributed by atoms with Gasteiger partial charge in [0.2, 0.25) is 10.0 Å². The lowest BCUT2D eigenvalue weighted by Gasteiger charge is -2.35. The molecule has 0 bridgehead atoms. The van der Waals surface area contributed by atoms with Crippen molar-refractivity contribution in [2.24, 2.45) is 0 Å². The van der Waals surface area contributed by atoms with Crippen LogP contribution in [0.5, 0.6) is 0 Å². The molecule has 2 heterocycles. The number of nitrogens with zero attached hydrogens (tertiary/aromatic N) is 2. The highest BCUT2D eigenvalue weighted by Gasteiger charge is 2.62. The second-order valence-corrected chi connectivity index (χ2v) is 11.1. The van der Waals surface area contributed by atoms with Gasteiger partial charge >= 0.3 is 0 Å². The third kappa shape index (κ3) is 2.94. The van der Waals surface area contributed by atoms with Crippen molar-refractivity contribution in [1.82, 2.24) is 4.31 Å². The average Bonchev–Trinajstić information content (AvgIpc) is 3.19. The first kappa shape index (κ1) is 20.6. The molecule has 0 aromatic heterocycles. The first-order valence-corrected chi connectivity index (χ1v) is 12.2. The van der Waals surface area contributed by atoms with Crippen LogP contribution in [-0.4, -0.2) is 32.5 Å². The zero-order valence-corrected chi connectivity index (χ0v) is 19.4. The van der Waals surface area contributed by atoms with Crippen LogP contribution < -0.4 is 4.90 Å².